The number of carbonyl (C=O) groups is 2. The Kier molecular flexibility index (Phi) is 16.5. The molecule has 1 aliphatic rings. The van der Waals surface area contributed by atoms with Crippen LogP contribution >= 0.6 is 0 Å². The summed E-state index contributed by atoms with van der Waals surface area (Å²) < 4.78 is 44.9. The predicted molar refractivity (Wildman–Crippen MR) is 213 cm³/mol. The minimum Gasteiger partial charge on any atom is -0.493 e. The average Bonchev–Trinajstić information content (AvgIpc) is 3.20. The highest BCUT2D eigenvalue weighted by atomic mass is 16.6. The molecule has 3 aromatic carbocycles. The molecule has 2 amide bonds. The summed E-state index contributed by atoms with van der Waals surface area (Å²) in [6.07, 6.45) is 1.90. The lowest BCUT2D eigenvalue weighted by Gasteiger charge is -2.37. The van der Waals surface area contributed by atoms with E-state index in [1.54, 1.807) is 33.3 Å². The second-order valence-electron chi connectivity index (χ2n) is 13.1. The molecule has 0 bridgehead atoms. The van der Waals surface area contributed by atoms with Crippen molar-refractivity contribution in [3.63, 3.8) is 0 Å². The molecule has 3 aromatic rings. The zero-order valence-corrected chi connectivity index (χ0v) is 33.7. The van der Waals surface area contributed by atoms with Crippen LogP contribution in [0.1, 0.15) is 40.0 Å². The molecule has 1 saturated heterocycles. The van der Waals surface area contributed by atoms with E-state index in [0.717, 1.165) is 63.4 Å². The molecule has 14 nitrogen and oxygen atoms in total. The van der Waals surface area contributed by atoms with E-state index in [0.29, 0.717) is 72.2 Å². The highest BCUT2D eigenvalue weighted by Gasteiger charge is 2.40. The topological polar surface area (TPSA) is 126 Å². The van der Waals surface area contributed by atoms with Crippen molar-refractivity contribution in [2.75, 3.05) is 106 Å². The van der Waals surface area contributed by atoms with Gasteiger partial charge in [0.1, 0.15) is 18.0 Å². The van der Waals surface area contributed by atoms with Crippen molar-refractivity contribution in [3.05, 3.63) is 48.5 Å². The quantitative estimate of drug-likeness (QED) is 0.115. The molecule has 0 unspecified atom stereocenters. The SMILES string of the molecule is CCCOc1ccc([N+](CCCN2CCN(CCOC(=O)Nc3cc(OC)c(OC)c(OC)c3)CC2)(C(C)=O)c2ccc(OCCC)c(OC)c2)cc1OC. The molecule has 0 saturated carbocycles. The number of hydrogen-bond donors (Lipinski definition) is 1. The van der Waals surface area contributed by atoms with Crippen molar-refractivity contribution < 1.29 is 47.5 Å². The van der Waals surface area contributed by atoms with Gasteiger partial charge in [-0.2, -0.15) is 4.48 Å². The number of benzene rings is 3. The van der Waals surface area contributed by atoms with Crippen molar-refractivity contribution >= 4 is 29.1 Å². The van der Waals surface area contributed by atoms with Crippen molar-refractivity contribution in [1.29, 1.82) is 0 Å². The monoisotopic (exact) mass is 767 g/mol. The standard InChI is InChI=1S/C41H58N4O10/c1-9-23-53-34-14-12-32(28-36(34)48-4)45(30(3)46,33-13-15-35(54-24-10-2)37(29-33)49-5)22-11-16-43-17-19-44(20-18-43)21-25-55-41(47)42-31-26-38(50-6)40(52-8)39(27-31)51-7/h12-15,26-29H,9-11,16-25H2,1-8H3/p+1. The molecule has 1 aliphatic heterocycles. The van der Waals surface area contributed by atoms with Gasteiger partial charge in [0.15, 0.2) is 34.5 Å². The molecule has 0 aliphatic carbocycles. The lowest BCUT2D eigenvalue weighted by Crippen LogP contribution is -2.51. The van der Waals surface area contributed by atoms with Crippen LogP contribution in [0.5, 0.6) is 40.2 Å². The van der Waals surface area contributed by atoms with E-state index in [4.69, 9.17) is 37.9 Å². The Balaban J connectivity index is 1.40. The molecule has 14 heteroatoms. The first-order valence-electron chi connectivity index (χ1n) is 18.9. The summed E-state index contributed by atoms with van der Waals surface area (Å²) in [7, 11) is 7.78. The summed E-state index contributed by atoms with van der Waals surface area (Å²) in [5.74, 6) is 3.68. The van der Waals surface area contributed by atoms with Crippen LogP contribution in [-0.4, -0.2) is 123 Å². The zero-order chi connectivity index (χ0) is 39.8. The number of nitrogens with one attached hydrogen (secondary N) is 1. The fraction of sp³-hybridized carbons (Fsp3) is 0.512. The summed E-state index contributed by atoms with van der Waals surface area (Å²) in [4.78, 5) is 31.3. The molecule has 0 radical (unpaired) electrons. The minimum atomic E-state index is -0.568. The fourth-order valence-corrected chi connectivity index (χ4v) is 6.72. The van der Waals surface area contributed by atoms with Crippen molar-refractivity contribution in [3.8, 4) is 40.2 Å². The van der Waals surface area contributed by atoms with Crippen LogP contribution in [0.25, 0.3) is 0 Å². The Morgan fingerprint density at radius 2 is 1.13 bits per heavy atom. The first kappa shape index (κ1) is 42.8. The van der Waals surface area contributed by atoms with E-state index in [-0.39, 0.29) is 17.0 Å². The molecule has 0 spiro atoms. The smallest absolute Gasteiger partial charge is 0.411 e. The molecule has 1 N–H and O–H groups in total. The number of hydrogen-bond acceptors (Lipinski definition) is 12. The highest BCUT2D eigenvalue weighted by molar-refractivity contribution is 5.94. The molecule has 55 heavy (non-hydrogen) atoms. The Labute approximate surface area is 325 Å². The first-order chi connectivity index (χ1) is 26.7. The van der Waals surface area contributed by atoms with Crippen LogP contribution in [0.3, 0.4) is 0 Å². The number of quaternary nitrogens is 1. The van der Waals surface area contributed by atoms with E-state index in [1.807, 2.05) is 36.4 Å². The molecule has 302 valence electrons. The predicted octanol–water partition coefficient (Wildman–Crippen LogP) is 6.75. The number of carbonyl (C=O) groups excluding carboxylic acids is 2. The molecule has 4 rings (SSSR count). The van der Waals surface area contributed by atoms with Crippen LogP contribution in [0.4, 0.5) is 21.9 Å². The molecular formula is C41H59N4O10+. The van der Waals surface area contributed by atoms with Gasteiger partial charge in [-0.15, -0.1) is 0 Å². The van der Waals surface area contributed by atoms with Crippen molar-refractivity contribution in [2.45, 2.75) is 40.0 Å². The summed E-state index contributed by atoms with van der Waals surface area (Å²) >= 11 is 0. The molecular weight excluding hydrogens is 708 g/mol. The van der Waals surface area contributed by atoms with Gasteiger partial charge in [0.2, 0.25) is 5.75 Å². The van der Waals surface area contributed by atoms with Gasteiger partial charge < -0.3 is 42.8 Å². The van der Waals surface area contributed by atoms with Gasteiger partial charge in [0, 0.05) is 82.1 Å². The van der Waals surface area contributed by atoms with Gasteiger partial charge in [-0.1, -0.05) is 13.8 Å². The Hall–Kier alpha value is -4.92. The Morgan fingerprint density at radius 3 is 1.56 bits per heavy atom. The van der Waals surface area contributed by atoms with Gasteiger partial charge in [-0.3, -0.25) is 10.2 Å². The van der Waals surface area contributed by atoms with Crippen LogP contribution in [0, 0.1) is 0 Å². The zero-order valence-electron chi connectivity index (χ0n) is 33.7. The second kappa shape index (κ2) is 21.2. The van der Waals surface area contributed by atoms with Gasteiger partial charge in [-0.05, 0) is 25.0 Å². The van der Waals surface area contributed by atoms with Gasteiger partial charge in [0.25, 0.3) is 0 Å². The number of anilines is 1. The van der Waals surface area contributed by atoms with Crippen LogP contribution < -0.4 is 43.0 Å². The summed E-state index contributed by atoms with van der Waals surface area (Å²) in [5, 5.41) is 2.73. The third-order valence-electron chi connectivity index (χ3n) is 9.62. The van der Waals surface area contributed by atoms with Crippen LogP contribution in [-0.2, 0) is 9.53 Å². The third kappa shape index (κ3) is 10.9. The summed E-state index contributed by atoms with van der Waals surface area (Å²) in [6, 6.07) is 14.8. The fourth-order valence-electron chi connectivity index (χ4n) is 6.72. The number of nitrogens with zero attached hydrogens (tertiary/aromatic N) is 3. The number of piperazine rings is 1. The van der Waals surface area contributed by atoms with Crippen LogP contribution in [0.2, 0.25) is 0 Å². The lowest BCUT2D eigenvalue weighted by molar-refractivity contribution is -0.125. The molecule has 0 atom stereocenters. The lowest BCUT2D eigenvalue weighted by atomic mass is 10.1. The van der Waals surface area contributed by atoms with Crippen LogP contribution in [0.15, 0.2) is 48.5 Å². The highest BCUT2D eigenvalue weighted by Crippen LogP contribution is 2.44. The first-order valence-corrected chi connectivity index (χ1v) is 18.9. The minimum absolute atomic E-state index is 0.0346. The summed E-state index contributed by atoms with van der Waals surface area (Å²) in [5.41, 5.74) is 2.02. The van der Waals surface area contributed by atoms with E-state index in [1.165, 1.54) is 21.3 Å². The molecule has 0 aromatic heterocycles. The maximum atomic E-state index is 14.0. The maximum absolute atomic E-state index is 14.0. The number of ether oxygens (including phenoxy) is 8. The number of amides is 2. The summed E-state index contributed by atoms with van der Waals surface area (Å²) in [6.45, 7) is 12.4. The van der Waals surface area contributed by atoms with E-state index in [9.17, 15) is 9.59 Å². The normalized spacial score (nSPS) is 13.5. The second-order valence-corrected chi connectivity index (χ2v) is 13.1. The van der Waals surface area contributed by atoms with Crippen molar-refractivity contribution in [1.82, 2.24) is 14.3 Å². The van der Waals surface area contributed by atoms with E-state index < -0.39 is 6.09 Å². The van der Waals surface area contributed by atoms with E-state index >= 15 is 0 Å². The van der Waals surface area contributed by atoms with Gasteiger partial charge in [-0.25, -0.2) is 9.59 Å². The number of rotatable bonds is 21. The number of methoxy groups -OCH3 is 5. The average molecular weight is 768 g/mol. The largest absolute Gasteiger partial charge is 0.493 e. The maximum Gasteiger partial charge on any atom is 0.411 e. The van der Waals surface area contributed by atoms with Crippen molar-refractivity contribution in [2.24, 2.45) is 0 Å². The Bertz CT molecular complexity index is 1610. The third-order valence-corrected chi connectivity index (χ3v) is 9.62. The molecule has 1 fully saturated rings. The Morgan fingerprint density at radius 1 is 0.636 bits per heavy atom. The molecule has 1 heterocycles. The van der Waals surface area contributed by atoms with Gasteiger partial charge >= 0.3 is 12.0 Å². The van der Waals surface area contributed by atoms with E-state index in [2.05, 4.69) is 29.0 Å². The van der Waals surface area contributed by atoms with Gasteiger partial charge in [0.05, 0.1) is 67.9 Å².